The van der Waals surface area contributed by atoms with Gasteiger partial charge in [-0.15, -0.1) is 0 Å². The van der Waals surface area contributed by atoms with Crippen molar-refractivity contribution in [3.63, 3.8) is 0 Å². The standard InChI is InChI=1S/C18H16O5/c1-2-7-22-13-8-14(20)18-15(21)10-16(23-17(18)9-13)11-3-5-12(19)6-4-11/h3-6,8-10,19-20H,2,7H2,1H3. The molecule has 1 aromatic heterocycles. The van der Waals surface area contributed by atoms with Gasteiger partial charge in [-0.25, -0.2) is 0 Å². The first kappa shape index (κ1) is 15.0. The first-order valence-corrected chi connectivity index (χ1v) is 7.31. The van der Waals surface area contributed by atoms with Gasteiger partial charge in [0, 0.05) is 23.8 Å². The average molecular weight is 312 g/mol. The Morgan fingerprint density at radius 1 is 1.09 bits per heavy atom. The number of aromatic hydroxyl groups is 2. The fourth-order valence-electron chi connectivity index (χ4n) is 2.31. The van der Waals surface area contributed by atoms with E-state index in [2.05, 4.69) is 0 Å². The molecule has 5 heteroatoms. The second-order valence-electron chi connectivity index (χ2n) is 5.19. The molecule has 2 N–H and O–H groups in total. The maximum atomic E-state index is 12.3. The van der Waals surface area contributed by atoms with Crippen molar-refractivity contribution >= 4 is 11.0 Å². The van der Waals surface area contributed by atoms with Crippen molar-refractivity contribution in [1.82, 2.24) is 0 Å². The molecule has 0 spiro atoms. The van der Waals surface area contributed by atoms with Crippen LogP contribution in [0.1, 0.15) is 13.3 Å². The Kier molecular flexibility index (Phi) is 3.93. The molecule has 0 saturated carbocycles. The van der Waals surface area contributed by atoms with Gasteiger partial charge in [0.15, 0.2) is 5.43 Å². The molecular weight excluding hydrogens is 296 g/mol. The minimum Gasteiger partial charge on any atom is -0.508 e. The van der Waals surface area contributed by atoms with E-state index in [1.54, 1.807) is 18.2 Å². The number of rotatable bonds is 4. The third-order valence-corrected chi connectivity index (χ3v) is 3.41. The molecule has 0 bridgehead atoms. The van der Waals surface area contributed by atoms with Crippen LogP contribution in [0.3, 0.4) is 0 Å². The molecule has 23 heavy (non-hydrogen) atoms. The number of benzene rings is 2. The highest BCUT2D eigenvalue weighted by atomic mass is 16.5. The molecule has 2 aromatic carbocycles. The summed E-state index contributed by atoms with van der Waals surface area (Å²) >= 11 is 0. The molecule has 0 aliphatic heterocycles. The summed E-state index contributed by atoms with van der Waals surface area (Å²) in [5.74, 6) is 0.766. The van der Waals surface area contributed by atoms with Crippen LogP contribution in [0, 0.1) is 0 Å². The minimum atomic E-state index is -0.339. The van der Waals surface area contributed by atoms with Gasteiger partial charge in [-0.3, -0.25) is 4.79 Å². The molecule has 0 unspecified atom stereocenters. The quantitative estimate of drug-likeness (QED) is 0.768. The molecule has 3 rings (SSSR count). The lowest BCUT2D eigenvalue weighted by Gasteiger charge is -2.08. The Labute approximate surface area is 132 Å². The van der Waals surface area contributed by atoms with Crippen LogP contribution < -0.4 is 10.2 Å². The van der Waals surface area contributed by atoms with Crippen molar-refractivity contribution in [3.05, 3.63) is 52.7 Å². The van der Waals surface area contributed by atoms with E-state index in [1.165, 1.54) is 24.3 Å². The molecule has 3 aromatic rings. The van der Waals surface area contributed by atoms with Gasteiger partial charge in [-0.05, 0) is 30.7 Å². The van der Waals surface area contributed by atoms with E-state index >= 15 is 0 Å². The zero-order valence-corrected chi connectivity index (χ0v) is 12.6. The molecule has 118 valence electrons. The Morgan fingerprint density at radius 2 is 1.83 bits per heavy atom. The highest BCUT2D eigenvalue weighted by Crippen LogP contribution is 2.31. The number of hydrogen-bond acceptors (Lipinski definition) is 5. The lowest BCUT2D eigenvalue weighted by molar-refractivity contribution is 0.315. The maximum absolute atomic E-state index is 12.3. The van der Waals surface area contributed by atoms with E-state index in [-0.39, 0.29) is 27.9 Å². The third kappa shape index (κ3) is 2.99. The zero-order valence-electron chi connectivity index (χ0n) is 12.6. The molecule has 1 heterocycles. The van der Waals surface area contributed by atoms with Crippen molar-refractivity contribution in [2.75, 3.05) is 6.61 Å². The van der Waals surface area contributed by atoms with Gasteiger partial charge in [-0.2, -0.15) is 0 Å². The van der Waals surface area contributed by atoms with Crippen molar-refractivity contribution < 1.29 is 19.4 Å². The molecule has 0 saturated heterocycles. The van der Waals surface area contributed by atoms with Gasteiger partial charge in [-0.1, -0.05) is 6.92 Å². The topological polar surface area (TPSA) is 79.9 Å². The summed E-state index contributed by atoms with van der Waals surface area (Å²) in [4.78, 5) is 12.3. The van der Waals surface area contributed by atoms with Gasteiger partial charge in [0.2, 0.25) is 0 Å². The third-order valence-electron chi connectivity index (χ3n) is 3.41. The summed E-state index contributed by atoms with van der Waals surface area (Å²) in [6.07, 6.45) is 0.830. The monoisotopic (exact) mass is 312 g/mol. The van der Waals surface area contributed by atoms with Crippen LogP contribution in [-0.4, -0.2) is 16.8 Å². The lowest BCUT2D eigenvalue weighted by Crippen LogP contribution is -2.02. The van der Waals surface area contributed by atoms with Crippen LogP contribution in [0.2, 0.25) is 0 Å². The highest BCUT2D eigenvalue weighted by molar-refractivity contribution is 5.86. The van der Waals surface area contributed by atoms with E-state index in [1.807, 2.05) is 6.92 Å². The summed E-state index contributed by atoms with van der Waals surface area (Å²) in [6, 6.07) is 10.6. The van der Waals surface area contributed by atoms with Crippen LogP contribution >= 0.6 is 0 Å². The smallest absolute Gasteiger partial charge is 0.197 e. The summed E-state index contributed by atoms with van der Waals surface area (Å²) in [6.45, 7) is 2.48. The van der Waals surface area contributed by atoms with E-state index in [4.69, 9.17) is 9.15 Å². The minimum absolute atomic E-state index is 0.122. The predicted molar refractivity (Wildman–Crippen MR) is 87.0 cm³/mol. The van der Waals surface area contributed by atoms with Gasteiger partial charge in [0.25, 0.3) is 0 Å². The normalized spacial score (nSPS) is 10.8. The Balaban J connectivity index is 2.15. The molecule has 0 radical (unpaired) electrons. The van der Waals surface area contributed by atoms with E-state index in [0.717, 1.165) is 6.42 Å². The number of ether oxygens (including phenoxy) is 1. The first-order valence-electron chi connectivity index (χ1n) is 7.31. The fraction of sp³-hybridized carbons (Fsp3) is 0.167. The van der Waals surface area contributed by atoms with Crippen molar-refractivity contribution in [1.29, 1.82) is 0 Å². The van der Waals surface area contributed by atoms with Crippen LogP contribution in [0.25, 0.3) is 22.3 Å². The van der Waals surface area contributed by atoms with Crippen molar-refractivity contribution in [2.24, 2.45) is 0 Å². The van der Waals surface area contributed by atoms with E-state index in [0.29, 0.717) is 23.7 Å². The number of phenolic OH excluding ortho intramolecular Hbond substituents is 2. The van der Waals surface area contributed by atoms with Crippen molar-refractivity contribution in [2.45, 2.75) is 13.3 Å². The molecule has 5 nitrogen and oxygen atoms in total. The predicted octanol–water partition coefficient (Wildman–Crippen LogP) is 3.66. The van der Waals surface area contributed by atoms with E-state index < -0.39 is 0 Å². The number of fused-ring (bicyclic) bond motifs is 1. The number of phenols is 2. The lowest BCUT2D eigenvalue weighted by atomic mass is 10.1. The van der Waals surface area contributed by atoms with Crippen LogP contribution in [0.4, 0.5) is 0 Å². The summed E-state index contributed by atoms with van der Waals surface area (Å²) < 4.78 is 11.2. The summed E-state index contributed by atoms with van der Waals surface area (Å²) in [5, 5.41) is 19.5. The SMILES string of the molecule is CCCOc1cc(O)c2c(=O)cc(-c3ccc(O)cc3)oc2c1. The van der Waals surface area contributed by atoms with Crippen LogP contribution in [0.15, 0.2) is 51.7 Å². The Morgan fingerprint density at radius 3 is 2.52 bits per heavy atom. The summed E-state index contributed by atoms with van der Waals surface area (Å²) in [7, 11) is 0. The number of hydrogen-bond donors (Lipinski definition) is 2. The summed E-state index contributed by atoms with van der Waals surface area (Å²) in [5.41, 5.74) is 0.571. The molecule has 0 aliphatic carbocycles. The first-order chi connectivity index (χ1) is 11.1. The van der Waals surface area contributed by atoms with E-state index in [9.17, 15) is 15.0 Å². The average Bonchev–Trinajstić information content (AvgIpc) is 2.52. The zero-order chi connectivity index (χ0) is 16.4. The van der Waals surface area contributed by atoms with Gasteiger partial charge in [0.1, 0.15) is 34.0 Å². The molecule has 0 fully saturated rings. The van der Waals surface area contributed by atoms with Gasteiger partial charge < -0.3 is 19.4 Å². The second-order valence-corrected chi connectivity index (χ2v) is 5.19. The van der Waals surface area contributed by atoms with Gasteiger partial charge >= 0.3 is 0 Å². The highest BCUT2D eigenvalue weighted by Gasteiger charge is 2.13. The largest absolute Gasteiger partial charge is 0.508 e. The fourth-order valence-corrected chi connectivity index (χ4v) is 2.31. The Bertz CT molecular complexity index is 894. The second kappa shape index (κ2) is 6.04. The maximum Gasteiger partial charge on any atom is 0.197 e. The molecular formula is C18H16O5. The van der Waals surface area contributed by atoms with Crippen LogP contribution in [0.5, 0.6) is 17.2 Å². The Hall–Kier alpha value is -2.95. The van der Waals surface area contributed by atoms with Crippen LogP contribution in [-0.2, 0) is 0 Å². The van der Waals surface area contributed by atoms with Crippen molar-refractivity contribution in [3.8, 4) is 28.6 Å². The molecule has 0 amide bonds. The molecule has 0 atom stereocenters. The van der Waals surface area contributed by atoms with Gasteiger partial charge in [0.05, 0.1) is 6.61 Å². The molecule has 0 aliphatic rings.